The zero-order chi connectivity index (χ0) is 82.2. The fraction of sp³-hybridized carbons (Fsp3) is 0.695. The molecule has 0 aromatic carbocycles. The highest BCUT2D eigenvalue weighted by atomic mass is 31.2. The maximum absolute atomic E-state index is 13.0. The van der Waals surface area contributed by atoms with Gasteiger partial charge in [0.25, 0.3) is 0 Å². The molecule has 4 N–H and O–H groups in total. The highest BCUT2D eigenvalue weighted by Crippen LogP contribution is 2.45. The van der Waals surface area contributed by atoms with Crippen molar-refractivity contribution in [1.82, 2.24) is 0 Å². The largest absolute Gasteiger partial charge is 0.472 e. The summed E-state index contributed by atoms with van der Waals surface area (Å²) in [5.41, 5.74) is 0. The van der Waals surface area contributed by atoms with Crippen LogP contribution in [0.2, 0.25) is 0 Å². The number of hydrogen-bond donors (Lipinski definition) is 4. The van der Waals surface area contributed by atoms with Crippen LogP contribution in [0, 0.1) is 0 Å². The summed E-state index contributed by atoms with van der Waals surface area (Å²) < 4.78 is 61.4. The molecule has 18 heteroatoms. The maximum Gasteiger partial charge on any atom is 0.472 e. The lowest BCUT2D eigenvalue weighted by Gasteiger charge is -2.21. The smallest absolute Gasteiger partial charge is 0.463 e. The van der Waals surface area contributed by atoms with E-state index in [1.165, 1.54) is 154 Å². The molecular weight excluding hydrogens is 1460 g/mol. The Labute approximate surface area is 689 Å². The van der Waals surface area contributed by atoms with Crippen LogP contribution in [0.15, 0.2) is 158 Å². The van der Waals surface area contributed by atoms with Gasteiger partial charge in [0.2, 0.25) is 0 Å². The van der Waals surface area contributed by atoms with E-state index >= 15 is 0 Å². The Morgan fingerprint density at radius 1 is 0.257 bits per heavy atom. The number of allylic oxidation sites excluding steroid dienone is 26. The molecule has 0 amide bonds. The minimum atomic E-state index is -4.95. The Kier molecular flexibility index (Phi) is 82.8. The average Bonchev–Trinajstić information content (AvgIpc) is 0.897. The predicted molar refractivity (Wildman–Crippen MR) is 472 cm³/mol. The number of unbranched alkanes of at least 4 members (excludes halogenated alkanes) is 35. The number of aliphatic hydroxyl groups excluding tert-OH is 2. The summed E-state index contributed by atoms with van der Waals surface area (Å²) in [6, 6.07) is 0. The summed E-state index contributed by atoms with van der Waals surface area (Å²) in [7, 11) is -9.81. The lowest BCUT2D eigenvalue weighted by molar-refractivity contribution is -0.161. The zero-order valence-electron chi connectivity index (χ0n) is 71.3. The summed E-state index contributed by atoms with van der Waals surface area (Å²) in [5, 5.41) is 20.7. The van der Waals surface area contributed by atoms with E-state index in [4.69, 9.17) is 32.3 Å². The Morgan fingerprint density at radius 3 is 0.743 bits per heavy atom. The molecule has 0 aromatic heterocycles. The molecule has 113 heavy (non-hydrogen) atoms. The average molecular weight is 1620 g/mol. The number of aliphatic hydroxyl groups is 2. The van der Waals surface area contributed by atoms with Gasteiger partial charge in [-0.2, -0.15) is 0 Å². The van der Waals surface area contributed by atoms with Crippen LogP contribution in [-0.4, -0.2) is 95.9 Å². The van der Waals surface area contributed by atoms with E-state index in [0.29, 0.717) is 19.3 Å². The molecular formula is C95H162O16P2. The van der Waals surface area contributed by atoms with Crippen molar-refractivity contribution in [1.29, 1.82) is 0 Å². The molecule has 0 heterocycles. The second-order valence-electron chi connectivity index (χ2n) is 29.6. The van der Waals surface area contributed by atoms with Gasteiger partial charge in [-0.15, -0.1) is 0 Å². The number of carbonyl (C=O) groups is 3. The van der Waals surface area contributed by atoms with Crippen LogP contribution in [-0.2, 0) is 55.8 Å². The van der Waals surface area contributed by atoms with Crippen molar-refractivity contribution < 1.29 is 75.8 Å². The third kappa shape index (κ3) is 87.8. The normalized spacial score (nSPS) is 14.6. The second-order valence-corrected chi connectivity index (χ2v) is 32.5. The summed E-state index contributed by atoms with van der Waals surface area (Å²) in [6.07, 6.45) is 110. The van der Waals surface area contributed by atoms with Crippen molar-refractivity contribution >= 4 is 33.6 Å². The molecule has 5 atom stereocenters. The van der Waals surface area contributed by atoms with Crippen molar-refractivity contribution in [3.8, 4) is 0 Å². The standard InChI is InChI=1S/C95H162O16P2/c1-4-7-10-13-16-19-22-25-28-31-33-35-37-39-41-42-43-44-45-46-48-50-51-53-55-58-60-63-66-69-72-75-78-81-93(98)105-84-90(96)85-107-112(101,102)108-86-91(97)87-109-113(103,104)110-89-92(111-95(100)83-80-77-74-71-68-65-62-57-30-27-24-21-18-15-12-9-6-3)88-106-94(99)82-79-76-73-70-67-64-61-59-56-54-52-49-47-40-38-36-34-32-29-26-23-20-17-14-11-8-5-2/h8-9,11-12,16-21,25-30,33-36,39-41,47,62,65,90-92,96-97H,4-7,10,13-15,22-24,31-32,37-38,42-46,48-61,63-64,66-89H2,1-3H3,(H,101,102)(H,103,104)/b11-8-,12-9-,19-16-,20-17-,21-18-,28-25-,29-26-,30-27-,35-33-,36-34-,41-39-,47-40-,65-62-. The fourth-order valence-electron chi connectivity index (χ4n) is 12.0. The van der Waals surface area contributed by atoms with Crippen molar-refractivity contribution in [3.63, 3.8) is 0 Å². The first kappa shape index (κ1) is 108. The third-order valence-electron chi connectivity index (χ3n) is 18.7. The quantitative estimate of drug-likeness (QED) is 0.0146. The van der Waals surface area contributed by atoms with Crippen LogP contribution in [0.1, 0.15) is 367 Å². The lowest BCUT2D eigenvalue weighted by atomic mass is 10.0. The third-order valence-corrected chi connectivity index (χ3v) is 20.6. The number of rotatable bonds is 84. The Morgan fingerprint density at radius 2 is 0.469 bits per heavy atom. The molecule has 0 aliphatic heterocycles. The second kappa shape index (κ2) is 86.5. The summed E-state index contributed by atoms with van der Waals surface area (Å²) in [5.74, 6) is -1.60. The molecule has 0 aliphatic carbocycles. The van der Waals surface area contributed by atoms with Crippen molar-refractivity contribution in [3.05, 3.63) is 158 Å². The van der Waals surface area contributed by atoms with Crippen LogP contribution in [0.5, 0.6) is 0 Å². The molecule has 0 aromatic rings. The zero-order valence-corrected chi connectivity index (χ0v) is 73.0. The molecule has 16 nitrogen and oxygen atoms in total. The highest BCUT2D eigenvalue weighted by Gasteiger charge is 2.29. The molecule has 0 fully saturated rings. The minimum absolute atomic E-state index is 0.0723. The molecule has 0 spiro atoms. The fourth-order valence-corrected chi connectivity index (χ4v) is 13.6. The van der Waals surface area contributed by atoms with Gasteiger partial charge < -0.3 is 34.2 Å². The number of ether oxygens (including phenoxy) is 3. The van der Waals surface area contributed by atoms with Gasteiger partial charge >= 0.3 is 33.6 Å². The van der Waals surface area contributed by atoms with Crippen LogP contribution >= 0.6 is 15.6 Å². The highest BCUT2D eigenvalue weighted by molar-refractivity contribution is 7.47. The number of carbonyl (C=O) groups excluding carboxylic acids is 3. The van der Waals surface area contributed by atoms with Gasteiger partial charge in [-0.1, -0.05) is 359 Å². The molecule has 0 saturated heterocycles. The number of phosphoric ester groups is 2. The molecule has 0 saturated carbocycles. The van der Waals surface area contributed by atoms with Gasteiger partial charge in [0, 0.05) is 19.3 Å². The number of esters is 3. The van der Waals surface area contributed by atoms with E-state index in [0.717, 1.165) is 154 Å². The summed E-state index contributed by atoms with van der Waals surface area (Å²) in [4.78, 5) is 58.9. The van der Waals surface area contributed by atoms with Gasteiger partial charge in [0.15, 0.2) is 6.10 Å². The molecule has 0 radical (unpaired) electrons. The van der Waals surface area contributed by atoms with E-state index in [2.05, 4.69) is 179 Å². The van der Waals surface area contributed by atoms with Crippen molar-refractivity contribution in [2.75, 3.05) is 39.6 Å². The molecule has 648 valence electrons. The van der Waals surface area contributed by atoms with E-state index < -0.39 is 91.5 Å². The topological polar surface area (TPSA) is 231 Å². The van der Waals surface area contributed by atoms with Gasteiger partial charge in [-0.05, 0) is 148 Å². The van der Waals surface area contributed by atoms with Crippen LogP contribution in [0.4, 0.5) is 0 Å². The van der Waals surface area contributed by atoms with Gasteiger partial charge in [-0.25, -0.2) is 9.13 Å². The van der Waals surface area contributed by atoms with E-state index in [1.807, 2.05) is 0 Å². The van der Waals surface area contributed by atoms with E-state index in [9.17, 15) is 43.5 Å². The Bertz CT molecular complexity index is 2680. The first-order valence-electron chi connectivity index (χ1n) is 44.8. The summed E-state index contributed by atoms with van der Waals surface area (Å²) >= 11 is 0. The van der Waals surface area contributed by atoms with Gasteiger partial charge in [0.05, 0.1) is 26.4 Å². The first-order valence-corrected chi connectivity index (χ1v) is 47.8. The summed E-state index contributed by atoms with van der Waals surface area (Å²) in [6.45, 7) is 2.43. The molecule has 0 aliphatic rings. The predicted octanol–water partition coefficient (Wildman–Crippen LogP) is 27.3. The van der Waals surface area contributed by atoms with Crippen molar-refractivity contribution in [2.24, 2.45) is 0 Å². The molecule has 0 rings (SSSR count). The number of phosphoric acid groups is 2. The first-order chi connectivity index (χ1) is 55.2. The Hall–Kier alpha value is -4.83. The van der Waals surface area contributed by atoms with Crippen molar-refractivity contribution in [2.45, 2.75) is 386 Å². The SMILES string of the molecule is CC/C=C\C/C=C\C/C=C\C/C=C\C/C=C\CCCCCCCCCCCCCC(=O)OCC(COP(=O)(O)OCC(O)COP(=O)(O)OCC(O)COC(=O)CCCCCCCCCCCCCCCCCCC/C=C\C/C=C\C/C=C\C/C=C\CCCCC)OC(=O)CCCCCC/C=C\C/C=C\C/C=C\C/C=C\CC. The van der Waals surface area contributed by atoms with Crippen LogP contribution < -0.4 is 0 Å². The van der Waals surface area contributed by atoms with E-state index in [-0.39, 0.29) is 19.3 Å². The monoisotopic (exact) mass is 1620 g/mol. The van der Waals surface area contributed by atoms with E-state index in [1.54, 1.807) is 0 Å². The lowest BCUT2D eigenvalue weighted by Crippen LogP contribution is -2.30. The number of hydrogen-bond acceptors (Lipinski definition) is 14. The molecule has 5 unspecified atom stereocenters. The van der Waals surface area contributed by atoms with Gasteiger partial charge in [0.1, 0.15) is 25.4 Å². The minimum Gasteiger partial charge on any atom is -0.463 e. The maximum atomic E-state index is 13.0. The van der Waals surface area contributed by atoms with Gasteiger partial charge in [-0.3, -0.25) is 32.5 Å². The molecule has 0 bridgehead atoms. The van der Waals surface area contributed by atoms with Crippen LogP contribution in [0.3, 0.4) is 0 Å². The van der Waals surface area contributed by atoms with Crippen LogP contribution in [0.25, 0.3) is 0 Å². The Balaban J connectivity index is 4.51.